The van der Waals surface area contributed by atoms with Crippen LogP contribution in [0, 0.1) is 11.3 Å². The van der Waals surface area contributed by atoms with Crippen LogP contribution in [-0.4, -0.2) is 11.8 Å². The second-order valence-corrected chi connectivity index (χ2v) is 4.49. The predicted molar refractivity (Wildman–Crippen MR) is 45.5 cm³/mol. The Morgan fingerprint density at radius 3 is 2.82 bits per heavy atom. The number of hydroxylamine groups is 1. The van der Waals surface area contributed by atoms with Crippen LogP contribution >= 0.6 is 0 Å². The van der Waals surface area contributed by atoms with Gasteiger partial charge in [-0.2, -0.15) is 0 Å². The molecule has 0 radical (unpaired) electrons. The highest BCUT2D eigenvalue weighted by molar-refractivity contribution is 4.79. The van der Waals surface area contributed by atoms with Crippen LogP contribution < -0.4 is 5.48 Å². The Balaban J connectivity index is 2.34. The average Bonchev–Trinajstić information content (AvgIpc) is 1.85. The molecule has 2 nitrogen and oxygen atoms in total. The van der Waals surface area contributed by atoms with Crippen molar-refractivity contribution in [3.63, 3.8) is 0 Å². The maximum atomic E-state index is 8.54. The molecule has 2 heteroatoms. The topological polar surface area (TPSA) is 32.3 Å². The van der Waals surface area contributed by atoms with Crippen molar-refractivity contribution in [1.29, 1.82) is 0 Å². The van der Waals surface area contributed by atoms with Gasteiger partial charge in [0.25, 0.3) is 0 Å². The van der Waals surface area contributed by atoms with Crippen molar-refractivity contribution in [3.8, 4) is 0 Å². The van der Waals surface area contributed by atoms with Crippen LogP contribution in [0.1, 0.15) is 39.5 Å². The van der Waals surface area contributed by atoms with Gasteiger partial charge in [-0.3, -0.25) is 0 Å². The summed E-state index contributed by atoms with van der Waals surface area (Å²) >= 11 is 0. The minimum absolute atomic E-state index is 0.500. The lowest BCUT2D eigenvalue weighted by molar-refractivity contribution is 0.108. The second-order valence-electron chi connectivity index (χ2n) is 4.49. The SMILES string of the molecule is CC1(C)CCCC(CNO)C1. The van der Waals surface area contributed by atoms with Gasteiger partial charge >= 0.3 is 0 Å². The molecule has 0 aromatic rings. The summed E-state index contributed by atoms with van der Waals surface area (Å²) < 4.78 is 0. The van der Waals surface area contributed by atoms with Crippen LogP contribution in [0.5, 0.6) is 0 Å². The van der Waals surface area contributed by atoms with Crippen molar-refractivity contribution in [2.24, 2.45) is 11.3 Å². The van der Waals surface area contributed by atoms with E-state index < -0.39 is 0 Å². The zero-order valence-corrected chi connectivity index (χ0v) is 7.56. The largest absolute Gasteiger partial charge is 0.317 e. The van der Waals surface area contributed by atoms with E-state index in [-0.39, 0.29) is 0 Å². The van der Waals surface area contributed by atoms with Gasteiger partial charge in [0.15, 0.2) is 0 Å². The van der Waals surface area contributed by atoms with Crippen LogP contribution in [0.25, 0.3) is 0 Å². The van der Waals surface area contributed by atoms with E-state index in [2.05, 4.69) is 19.3 Å². The molecule has 1 saturated carbocycles. The van der Waals surface area contributed by atoms with Gasteiger partial charge in [-0.15, -0.1) is 0 Å². The lowest BCUT2D eigenvalue weighted by Crippen LogP contribution is -2.29. The van der Waals surface area contributed by atoms with Crippen LogP contribution in [0.2, 0.25) is 0 Å². The molecule has 0 heterocycles. The molecule has 0 bridgehead atoms. The Kier molecular flexibility index (Phi) is 2.90. The average molecular weight is 157 g/mol. The summed E-state index contributed by atoms with van der Waals surface area (Å²) in [6, 6.07) is 0. The summed E-state index contributed by atoms with van der Waals surface area (Å²) in [5.74, 6) is 0.684. The molecule has 1 aliphatic carbocycles. The Morgan fingerprint density at radius 2 is 2.27 bits per heavy atom. The van der Waals surface area contributed by atoms with Crippen LogP contribution in [0.4, 0.5) is 0 Å². The van der Waals surface area contributed by atoms with Gasteiger partial charge in [0.05, 0.1) is 0 Å². The van der Waals surface area contributed by atoms with Gasteiger partial charge in [0.1, 0.15) is 0 Å². The van der Waals surface area contributed by atoms with Gasteiger partial charge in [-0.1, -0.05) is 20.3 Å². The summed E-state index contributed by atoms with van der Waals surface area (Å²) in [6.45, 7) is 5.40. The van der Waals surface area contributed by atoms with E-state index >= 15 is 0 Å². The molecule has 66 valence electrons. The number of nitrogens with one attached hydrogen (secondary N) is 1. The molecule has 0 aromatic heterocycles. The predicted octanol–water partition coefficient (Wildman–Crippen LogP) is 2.18. The van der Waals surface area contributed by atoms with E-state index in [0.717, 1.165) is 6.54 Å². The summed E-state index contributed by atoms with van der Waals surface area (Å²) in [5.41, 5.74) is 2.77. The van der Waals surface area contributed by atoms with E-state index in [1.54, 1.807) is 0 Å². The minimum atomic E-state index is 0.500. The maximum Gasteiger partial charge on any atom is 0.0236 e. The van der Waals surface area contributed by atoms with Gasteiger partial charge in [0, 0.05) is 6.54 Å². The molecule has 1 atom stereocenters. The lowest BCUT2D eigenvalue weighted by Gasteiger charge is -2.34. The molecule has 11 heavy (non-hydrogen) atoms. The number of rotatable bonds is 2. The molecule has 1 fully saturated rings. The van der Waals surface area contributed by atoms with Crippen LogP contribution in [0.15, 0.2) is 0 Å². The smallest absolute Gasteiger partial charge is 0.0236 e. The second kappa shape index (κ2) is 3.55. The number of hydrogen-bond acceptors (Lipinski definition) is 2. The van der Waals surface area contributed by atoms with Crippen molar-refractivity contribution in [1.82, 2.24) is 5.48 Å². The van der Waals surface area contributed by atoms with Gasteiger partial charge in [-0.25, -0.2) is 5.48 Å². The molecule has 0 spiro atoms. The highest BCUT2D eigenvalue weighted by Gasteiger charge is 2.27. The molecule has 1 unspecified atom stereocenters. The van der Waals surface area contributed by atoms with Crippen molar-refractivity contribution >= 4 is 0 Å². The Bertz CT molecular complexity index is 121. The summed E-state index contributed by atoms with van der Waals surface area (Å²) in [6.07, 6.45) is 5.19. The van der Waals surface area contributed by atoms with Gasteiger partial charge < -0.3 is 5.21 Å². The monoisotopic (exact) mass is 157 g/mol. The Labute approximate surface area is 69.0 Å². The van der Waals surface area contributed by atoms with E-state index in [4.69, 9.17) is 5.21 Å². The molecule has 0 saturated heterocycles. The van der Waals surface area contributed by atoms with Crippen molar-refractivity contribution in [2.45, 2.75) is 39.5 Å². The zero-order valence-electron chi connectivity index (χ0n) is 7.56. The third kappa shape index (κ3) is 2.80. The first-order valence-corrected chi connectivity index (χ1v) is 4.51. The first kappa shape index (κ1) is 9.01. The summed E-state index contributed by atoms with van der Waals surface area (Å²) in [5, 5.41) is 8.54. The third-order valence-electron chi connectivity index (χ3n) is 2.69. The standard InChI is InChI=1S/C9H19NO/c1-9(2)5-3-4-8(6-9)7-10-11/h8,10-11H,3-7H2,1-2H3. The third-order valence-corrected chi connectivity index (χ3v) is 2.69. The molecule has 0 amide bonds. The molecule has 0 aromatic carbocycles. The van der Waals surface area contributed by atoms with Crippen LogP contribution in [-0.2, 0) is 0 Å². The lowest BCUT2D eigenvalue weighted by atomic mass is 9.72. The van der Waals surface area contributed by atoms with Gasteiger partial charge in [-0.05, 0) is 30.6 Å². The normalized spacial score (nSPS) is 30.3. The molecular weight excluding hydrogens is 138 g/mol. The highest BCUT2D eigenvalue weighted by atomic mass is 16.5. The van der Waals surface area contributed by atoms with E-state index in [0.29, 0.717) is 11.3 Å². The molecule has 0 aliphatic heterocycles. The minimum Gasteiger partial charge on any atom is -0.317 e. The Morgan fingerprint density at radius 1 is 1.55 bits per heavy atom. The quantitative estimate of drug-likeness (QED) is 0.602. The van der Waals surface area contributed by atoms with Crippen molar-refractivity contribution in [3.05, 3.63) is 0 Å². The van der Waals surface area contributed by atoms with E-state index in [9.17, 15) is 0 Å². The van der Waals surface area contributed by atoms with E-state index in [1.807, 2.05) is 0 Å². The fourth-order valence-electron chi connectivity index (χ4n) is 2.16. The fraction of sp³-hybridized carbons (Fsp3) is 1.00. The van der Waals surface area contributed by atoms with Crippen molar-refractivity contribution < 1.29 is 5.21 Å². The Hall–Kier alpha value is -0.0800. The fourth-order valence-corrected chi connectivity index (χ4v) is 2.16. The zero-order chi connectivity index (χ0) is 8.32. The maximum absolute atomic E-state index is 8.54. The summed E-state index contributed by atoms with van der Waals surface area (Å²) in [7, 11) is 0. The molecule has 2 N–H and O–H groups in total. The molecular formula is C9H19NO. The number of hydrogen-bond donors (Lipinski definition) is 2. The van der Waals surface area contributed by atoms with Crippen molar-refractivity contribution in [2.75, 3.05) is 6.54 Å². The first-order chi connectivity index (χ1) is 5.14. The van der Waals surface area contributed by atoms with E-state index in [1.165, 1.54) is 25.7 Å². The summed E-state index contributed by atoms with van der Waals surface area (Å²) in [4.78, 5) is 0. The highest BCUT2D eigenvalue weighted by Crippen LogP contribution is 2.37. The molecule has 1 rings (SSSR count). The van der Waals surface area contributed by atoms with Crippen LogP contribution in [0.3, 0.4) is 0 Å². The first-order valence-electron chi connectivity index (χ1n) is 4.51. The van der Waals surface area contributed by atoms with Gasteiger partial charge in [0.2, 0.25) is 0 Å². The molecule has 1 aliphatic rings.